The van der Waals surface area contributed by atoms with Crippen LogP contribution in [0.4, 0.5) is 27.8 Å². The minimum absolute atomic E-state index is 0.0744. The third kappa shape index (κ3) is 11.8. The quantitative estimate of drug-likeness (QED) is 0.0350. The largest absolute Gasteiger partial charge is 0.382 e. The van der Waals surface area contributed by atoms with E-state index in [4.69, 9.17) is 19.7 Å². The van der Waals surface area contributed by atoms with Gasteiger partial charge in [-0.05, 0) is 32.6 Å². The number of unbranched alkanes of at least 4 members (excludes halogenated alkanes) is 9. The van der Waals surface area contributed by atoms with Gasteiger partial charge in [0.05, 0.1) is 25.6 Å². The molecule has 2 heterocycles. The number of ether oxygens (including phenoxy) is 2. The van der Waals surface area contributed by atoms with E-state index in [9.17, 15) is 31.4 Å². The first kappa shape index (κ1) is 37.7. The van der Waals surface area contributed by atoms with E-state index < -0.39 is 54.7 Å². The van der Waals surface area contributed by atoms with E-state index in [0.29, 0.717) is 50.2 Å². The minimum Gasteiger partial charge on any atom is -0.382 e. The predicted molar refractivity (Wildman–Crippen MR) is 162 cm³/mol. The Morgan fingerprint density at radius 1 is 0.804 bits per heavy atom. The Hall–Kier alpha value is -2.71. The molecule has 0 aliphatic carbocycles. The van der Waals surface area contributed by atoms with Crippen LogP contribution in [0.2, 0.25) is 0 Å². The van der Waals surface area contributed by atoms with Crippen molar-refractivity contribution in [2.75, 3.05) is 31.9 Å². The molecular formula is C30H43F5N5O5P. The van der Waals surface area contributed by atoms with E-state index in [-0.39, 0.29) is 18.8 Å². The molecule has 2 aromatic heterocycles. The number of nitrogens with zero attached hydrogens (tertiary/aromatic N) is 4. The highest BCUT2D eigenvalue weighted by Gasteiger charge is 2.25. The fourth-order valence-electron chi connectivity index (χ4n) is 4.88. The van der Waals surface area contributed by atoms with Crippen molar-refractivity contribution in [3.63, 3.8) is 0 Å². The standard InChI is InChI=1S/C30H43F5N5O5P/c1-21(17-40-19-39-28-29(36)37-18-38-30(28)40)44-20-46(41,42)45-16-12-15-43-14-11-9-7-5-3-2-4-6-8-10-13-22-23(31)25(33)27(35)26(34)24(22)32/h18-19,21H,2-17,20H2,1H3,(H,41,42)(H2,36,37,38)/t21-/m1/s1. The summed E-state index contributed by atoms with van der Waals surface area (Å²) in [7, 11) is -3.91. The van der Waals surface area contributed by atoms with Crippen LogP contribution in [-0.4, -0.2) is 56.7 Å². The number of halogens is 5. The highest BCUT2D eigenvalue weighted by atomic mass is 31.2. The van der Waals surface area contributed by atoms with Gasteiger partial charge in [-0.15, -0.1) is 0 Å². The van der Waals surface area contributed by atoms with E-state index >= 15 is 0 Å². The number of anilines is 1. The lowest BCUT2D eigenvalue weighted by molar-refractivity contribution is 0.0688. The first-order valence-corrected chi connectivity index (χ1v) is 17.4. The van der Waals surface area contributed by atoms with Crippen LogP contribution in [0.15, 0.2) is 12.7 Å². The lowest BCUT2D eigenvalue weighted by atomic mass is 10.0. The Bertz CT molecular complexity index is 1400. The van der Waals surface area contributed by atoms with Crippen LogP contribution in [0.3, 0.4) is 0 Å². The van der Waals surface area contributed by atoms with Crippen LogP contribution < -0.4 is 5.73 Å². The number of imidazole rings is 1. The van der Waals surface area contributed by atoms with Crippen LogP contribution in [0.5, 0.6) is 0 Å². The third-order valence-corrected chi connectivity index (χ3v) is 8.46. The maximum atomic E-state index is 13.7. The highest BCUT2D eigenvalue weighted by Crippen LogP contribution is 2.42. The molecule has 3 aromatic rings. The van der Waals surface area contributed by atoms with E-state index in [2.05, 4.69) is 15.0 Å². The third-order valence-electron chi connectivity index (χ3n) is 7.40. The topological polar surface area (TPSA) is 135 Å². The van der Waals surface area contributed by atoms with Crippen LogP contribution in [-0.2, 0) is 31.5 Å². The summed E-state index contributed by atoms with van der Waals surface area (Å²) < 4.78 is 97.3. The number of benzene rings is 1. The molecule has 0 saturated heterocycles. The van der Waals surface area contributed by atoms with Crippen molar-refractivity contribution in [2.45, 2.75) is 96.6 Å². The molecule has 2 atom stereocenters. The molecule has 258 valence electrons. The molecule has 46 heavy (non-hydrogen) atoms. The lowest BCUT2D eigenvalue weighted by Crippen LogP contribution is -2.17. The second kappa shape index (κ2) is 19.2. The molecule has 0 bridgehead atoms. The van der Waals surface area contributed by atoms with Crippen LogP contribution in [0, 0.1) is 29.1 Å². The Morgan fingerprint density at radius 3 is 2.02 bits per heavy atom. The van der Waals surface area contributed by atoms with Crippen LogP contribution in [0.1, 0.15) is 83.1 Å². The van der Waals surface area contributed by atoms with Crippen molar-refractivity contribution in [3.05, 3.63) is 47.3 Å². The van der Waals surface area contributed by atoms with Gasteiger partial charge in [-0.2, -0.15) is 0 Å². The van der Waals surface area contributed by atoms with Gasteiger partial charge >= 0.3 is 7.60 Å². The zero-order valence-corrected chi connectivity index (χ0v) is 26.9. The van der Waals surface area contributed by atoms with E-state index in [1.54, 1.807) is 17.8 Å². The molecular weight excluding hydrogens is 636 g/mol. The van der Waals surface area contributed by atoms with E-state index in [1.807, 2.05) is 0 Å². The lowest BCUT2D eigenvalue weighted by Gasteiger charge is -2.17. The van der Waals surface area contributed by atoms with Crippen molar-refractivity contribution >= 4 is 24.6 Å². The summed E-state index contributed by atoms with van der Waals surface area (Å²) in [6.45, 7) is 3.20. The van der Waals surface area contributed by atoms with Gasteiger partial charge in [-0.25, -0.2) is 36.9 Å². The molecule has 0 aliphatic heterocycles. The number of fused-ring (bicyclic) bond motifs is 1. The molecule has 1 unspecified atom stereocenters. The van der Waals surface area contributed by atoms with Crippen LogP contribution in [0.25, 0.3) is 11.2 Å². The summed E-state index contributed by atoms with van der Waals surface area (Å²) >= 11 is 0. The van der Waals surface area contributed by atoms with Crippen LogP contribution >= 0.6 is 7.60 Å². The minimum atomic E-state index is -3.91. The Kier molecular flexibility index (Phi) is 15.7. The summed E-state index contributed by atoms with van der Waals surface area (Å²) in [4.78, 5) is 22.3. The Labute approximate surface area is 265 Å². The maximum absolute atomic E-state index is 13.7. The maximum Gasteiger partial charge on any atom is 0.353 e. The molecule has 3 N–H and O–H groups in total. The monoisotopic (exact) mass is 679 g/mol. The fraction of sp³-hybridized carbons (Fsp3) is 0.633. The average molecular weight is 680 g/mol. The summed E-state index contributed by atoms with van der Waals surface area (Å²) in [5.41, 5.74) is 6.08. The van der Waals surface area contributed by atoms with Gasteiger partial charge in [0.1, 0.15) is 18.2 Å². The molecule has 0 radical (unpaired) electrons. The number of rotatable bonds is 23. The van der Waals surface area contributed by atoms with Crippen molar-refractivity contribution in [1.82, 2.24) is 19.5 Å². The molecule has 1 aromatic carbocycles. The Morgan fingerprint density at radius 2 is 1.37 bits per heavy atom. The van der Waals surface area contributed by atoms with Gasteiger partial charge in [-0.1, -0.05) is 51.4 Å². The van der Waals surface area contributed by atoms with Crippen molar-refractivity contribution in [1.29, 1.82) is 0 Å². The second-order valence-corrected chi connectivity index (χ2v) is 13.0. The van der Waals surface area contributed by atoms with Gasteiger partial charge in [-0.3, -0.25) is 4.57 Å². The molecule has 0 aliphatic rings. The molecule has 0 fully saturated rings. The second-order valence-electron chi connectivity index (χ2n) is 11.2. The first-order valence-electron chi connectivity index (χ1n) is 15.6. The first-order chi connectivity index (χ1) is 22.0. The van der Waals surface area contributed by atoms with E-state index in [1.165, 1.54) is 6.33 Å². The van der Waals surface area contributed by atoms with Gasteiger partial charge in [0.25, 0.3) is 0 Å². The fourth-order valence-corrected chi connectivity index (χ4v) is 5.81. The predicted octanol–water partition coefficient (Wildman–Crippen LogP) is 7.22. The zero-order chi connectivity index (χ0) is 33.5. The summed E-state index contributed by atoms with van der Waals surface area (Å²) in [5, 5.41) is 0. The Balaban J connectivity index is 1.10. The highest BCUT2D eigenvalue weighted by molar-refractivity contribution is 7.52. The number of nitrogens with two attached hydrogens (primary N) is 1. The van der Waals surface area contributed by atoms with Crippen molar-refractivity contribution < 1.29 is 45.4 Å². The smallest absolute Gasteiger partial charge is 0.353 e. The zero-order valence-electron chi connectivity index (χ0n) is 26.0. The molecule has 3 rings (SSSR count). The SMILES string of the molecule is C[C@H](Cn1cnc2c(N)ncnc21)OCP(=O)(O)OCCCOCCCCCCCCCCCCc1c(F)c(F)c(F)c(F)c1F. The van der Waals surface area contributed by atoms with Crippen molar-refractivity contribution in [2.24, 2.45) is 0 Å². The van der Waals surface area contributed by atoms with Crippen molar-refractivity contribution in [3.8, 4) is 0 Å². The van der Waals surface area contributed by atoms with Gasteiger partial charge in [0.2, 0.25) is 5.82 Å². The molecule has 0 spiro atoms. The molecule has 10 nitrogen and oxygen atoms in total. The number of hydrogen-bond donors (Lipinski definition) is 2. The number of aromatic nitrogens is 4. The summed E-state index contributed by atoms with van der Waals surface area (Å²) in [6, 6.07) is 0. The molecule has 16 heteroatoms. The summed E-state index contributed by atoms with van der Waals surface area (Å²) in [5.74, 6) is -9.11. The molecule has 0 saturated carbocycles. The molecule has 0 amide bonds. The van der Waals surface area contributed by atoms with Gasteiger partial charge in [0, 0.05) is 18.8 Å². The number of hydrogen-bond acceptors (Lipinski definition) is 8. The average Bonchev–Trinajstić information content (AvgIpc) is 3.44. The van der Waals surface area contributed by atoms with Gasteiger partial charge < -0.3 is 29.2 Å². The summed E-state index contributed by atoms with van der Waals surface area (Å²) in [6.07, 6.45) is 11.3. The normalized spacial score (nSPS) is 13.8. The van der Waals surface area contributed by atoms with Gasteiger partial charge in [0.15, 0.2) is 34.7 Å². The van der Waals surface area contributed by atoms with E-state index in [0.717, 1.165) is 51.4 Å². The number of nitrogen functional groups attached to an aromatic ring is 1.